The lowest BCUT2D eigenvalue weighted by atomic mass is 9.69. The highest BCUT2D eigenvalue weighted by Gasteiger charge is 2.40. The van der Waals surface area contributed by atoms with Gasteiger partial charge in [0.25, 0.3) is 0 Å². The van der Waals surface area contributed by atoms with Gasteiger partial charge in [-0.05, 0) is 57.9 Å². The van der Waals surface area contributed by atoms with E-state index in [0.717, 1.165) is 18.6 Å². The topological polar surface area (TPSA) is 18.5 Å². The molecular weight excluding hydrogens is 420 g/mol. The van der Waals surface area contributed by atoms with Crippen molar-refractivity contribution in [3.05, 3.63) is 57.4 Å². The average Bonchev–Trinajstić information content (AvgIpc) is 2.61. The summed E-state index contributed by atoms with van der Waals surface area (Å²) in [6.07, 6.45) is 9.46. The van der Waals surface area contributed by atoms with E-state index in [-0.39, 0.29) is 27.8 Å². The Labute approximate surface area is 205 Å². The predicted molar refractivity (Wildman–Crippen MR) is 144 cm³/mol. The lowest BCUT2D eigenvalue weighted by Crippen LogP contribution is -2.38. The minimum absolute atomic E-state index is 0.0196. The first-order valence-corrected chi connectivity index (χ1v) is 14.9. The summed E-state index contributed by atoms with van der Waals surface area (Å²) < 4.78 is 13.6. The first kappa shape index (κ1) is 26.3. The molecule has 33 heavy (non-hydrogen) atoms. The first-order chi connectivity index (χ1) is 14.8. The second kappa shape index (κ2) is 8.41. The summed E-state index contributed by atoms with van der Waals surface area (Å²) in [5.74, 6) is 1.11. The molecular formula is C30H48O2Si. The molecule has 0 spiro atoms. The van der Waals surface area contributed by atoms with Crippen molar-refractivity contribution < 1.29 is 8.85 Å². The van der Waals surface area contributed by atoms with Crippen LogP contribution in [0.4, 0.5) is 0 Å². The molecule has 0 aromatic rings. The molecule has 3 rings (SSSR count). The van der Waals surface area contributed by atoms with Gasteiger partial charge in [-0.2, -0.15) is 0 Å². The van der Waals surface area contributed by atoms with E-state index in [4.69, 9.17) is 8.85 Å². The summed E-state index contributed by atoms with van der Waals surface area (Å²) in [6.45, 7) is 29.9. The van der Waals surface area contributed by atoms with Crippen molar-refractivity contribution in [2.45, 2.75) is 109 Å². The van der Waals surface area contributed by atoms with Gasteiger partial charge >= 0.3 is 9.28 Å². The Morgan fingerprint density at radius 1 is 0.727 bits per heavy atom. The number of hydrogen-bond acceptors (Lipinski definition) is 2. The molecule has 3 aliphatic rings. The standard InChI is InChI=1S/C30H48O2Si/c1-27(2,3)19-14-15-21-22-17-20(28(4,5)6)18-24(29(7,8)9)25(22)31-33(13)32-26(23(21)16-19)30(10,11)12/h16-18,25,33H,14-15H2,1-13H3/b22-21-,26-23?. The van der Waals surface area contributed by atoms with Crippen molar-refractivity contribution in [1.29, 1.82) is 0 Å². The molecule has 0 bridgehead atoms. The van der Waals surface area contributed by atoms with Crippen LogP contribution in [0.1, 0.15) is 95.9 Å². The smallest absolute Gasteiger partial charge is 0.379 e. The Bertz CT molecular complexity index is 957. The normalized spacial score (nSPS) is 27.5. The second-order valence-electron chi connectivity index (χ2n) is 14.2. The molecule has 0 radical (unpaired) electrons. The SMILES string of the molecule is C[SiH]1OC(C(C)(C)C)=C2C=C(C(C)(C)C)CC/C2=C2\C=C(C(C)(C)C)C=C(C(C)(C)C)C2O1. The fourth-order valence-electron chi connectivity index (χ4n) is 4.98. The van der Waals surface area contributed by atoms with Crippen LogP contribution in [0.25, 0.3) is 0 Å². The Morgan fingerprint density at radius 3 is 1.82 bits per heavy atom. The van der Waals surface area contributed by atoms with Crippen molar-refractivity contribution in [3.8, 4) is 0 Å². The van der Waals surface area contributed by atoms with Gasteiger partial charge in [0.05, 0.1) is 11.9 Å². The van der Waals surface area contributed by atoms with Gasteiger partial charge in [-0.15, -0.1) is 0 Å². The lowest BCUT2D eigenvalue weighted by molar-refractivity contribution is 0.166. The number of rotatable bonds is 0. The highest BCUT2D eigenvalue weighted by atomic mass is 28.3. The van der Waals surface area contributed by atoms with E-state index in [1.165, 1.54) is 33.4 Å². The largest absolute Gasteiger partial charge is 0.525 e. The van der Waals surface area contributed by atoms with Crippen LogP contribution in [0.5, 0.6) is 0 Å². The molecule has 0 amide bonds. The van der Waals surface area contributed by atoms with Crippen LogP contribution in [0.15, 0.2) is 57.4 Å². The summed E-state index contributed by atoms with van der Waals surface area (Å²) in [5.41, 5.74) is 8.58. The molecule has 1 heterocycles. The maximum Gasteiger partial charge on any atom is 0.379 e. The molecule has 2 atom stereocenters. The second-order valence-corrected chi connectivity index (χ2v) is 15.9. The third-order valence-electron chi connectivity index (χ3n) is 7.06. The number of fused-ring (bicyclic) bond motifs is 2. The van der Waals surface area contributed by atoms with Gasteiger partial charge < -0.3 is 8.85 Å². The van der Waals surface area contributed by atoms with Crippen molar-refractivity contribution >= 4 is 9.28 Å². The van der Waals surface area contributed by atoms with E-state index in [9.17, 15) is 0 Å². The van der Waals surface area contributed by atoms with E-state index < -0.39 is 9.28 Å². The zero-order valence-electron chi connectivity index (χ0n) is 23.6. The summed E-state index contributed by atoms with van der Waals surface area (Å²) in [4.78, 5) is 0. The monoisotopic (exact) mass is 468 g/mol. The van der Waals surface area contributed by atoms with Crippen LogP contribution in [-0.2, 0) is 8.85 Å². The Morgan fingerprint density at radius 2 is 1.33 bits per heavy atom. The maximum absolute atomic E-state index is 6.85. The molecule has 2 unspecified atom stereocenters. The zero-order chi connectivity index (χ0) is 25.1. The van der Waals surface area contributed by atoms with Crippen LogP contribution in [0, 0.1) is 21.7 Å². The summed E-state index contributed by atoms with van der Waals surface area (Å²) in [7, 11) is -1.91. The summed E-state index contributed by atoms with van der Waals surface area (Å²) in [6, 6.07) is 0. The van der Waals surface area contributed by atoms with Crippen LogP contribution in [0.2, 0.25) is 6.55 Å². The van der Waals surface area contributed by atoms with E-state index >= 15 is 0 Å². The molecule has 2 aliphatic carbocycles. The van der Waals surface area contributed by atoms with Gasteiger partial charge in [0, 0.05) is 11.0 Å². The average molecular weight is 469 g/mol. The van der Waals surface area contributed by atoms with Gasteiger partial charge in [0.2, 0.25) is 0 Å². The molecule has 0 saturated carbocycles. The van der Waals surface area contributed by atoms with E-state index in [0.29, 0.717) is 0 Å². The fraction of sp³-hybridized carbons (Fsp3) is 0.667. The highest BCUT2D eigenvalue weighted by Crippen LogP contribution is 2.49. The van der Waals surface area contributed by atoms with Crippen molar-refractivity contribution in [3.63, 3.8) is 0 Å². The molecule has 0 aromatic heterocycles. The van der Waals surface area contributed by atoms with E-state index in [1.54, 1.807) is 0 Å². The molecule has 0 N–H and O–H groups in total. The number of allylic oxidation sites excluding steroid dienone is 7. The third kappa shape index (κ3) is 5.51. The van der Waals surface area contributed by atoms with E-state index in [2.05, 4.69) is 108 Å². The molecule has 0 aromatic carbocycles. The minimum Gasteiger partial charge on any atom is -0.525 e. The van der Waals surface area contributed by atoms with Crippen molar-refractivity contribution in [2.24, 2.45) is 21.7 Å². The Hall–Kier alpha value is -1.32. The summed E-state index contributed by atoms with van der Waals surface area (Å²) in [5, 5.41) is 0. The third-order valence-corrected chi connectivity index (χ3v) is 8.28. The number of hydrogen-bond donors (Lipinski definition) is 0. The minimum atomic E-state index is -1.91. The van der Waals surface area contributed by atoms with Crippen LogP contribution >= 0.6 is 0 Å². The van der Waals surface area contributed by atoms with Crippen LogP contribution in [-0.4, -0.2) is 15.4 Å². The van der Waals surface area contributed by atoms with Crippen molar-refractivity contribution in [1.82, 2.24) is 0 Å². The Balaban J connectivity index is 2.41. The fourth-order valence-corrected chi connectivity index (χ4v) is 6.53. The first-order valence-electron chi connectivity index (χ1n) is 12.8. The lowest BCUT2D eigenvalue weighted by Gasteiger charge is -2.43. The highest BCUT2D eigenvalue weighted by molar-refractivity contribution is 6.43. The zero-order valence-corrected chi connectivity index (χ0v) is 24.8. The van der Waals surface area contributed by atoms with E-state index in [1.807, 2.05) is 0 Å². The van der Waals surface area contributed by atoms with Crippen LogP contribution in [0.3, 0.4) is 0 Å². The molecule has 2 nitrogen and oxygen atoms in total. The summed E-state index contributed by atoms with van der Waals surface area (Å²) >= 11 is 0. The molecule has 0 saturated heterocycles. The Kier molecular flexibility index (Phi) is 6.70. The molecule has 184 valence electrons. The van der Waals surface area contributed by atoms with Gasteiger partial charge in [-0.25, -0.2) is 0 Å². The van der Waals surface area contributed by atoms with Gasteiger partial charge in [0.15, 0.2) is 0 Å². The van der Waals surface area contributed by atoms with Crippen LogP contribution < -0.4 is 0 Å². The van der Waals surface area contributed by atoms with Gasteiger partial charge in [0.1, 0.15) is 0 Å². The predicted octanol–water partition coefficient (Wildman–Crippen LogP) is 8.57. The van der Waals surface area contributed by atoms with Gasteiger partial charge in [-0.1, -0.05) is 107 Å². The maximum atomic E-state index is 6.85. The van der Waals surface area contributed by atoms with Gasteiger partial charge in [-0.3, -0.25) is 0 Å². The van der Waals surface area contributed by atoms with Crippen molar-refractivity contribution in [2.75, 3.05) is 0 Å². The molecule has 1 aliphatic heterocycles. The quantitative estimate of drug-likeness (QED) is 0.331. The molecule has 3 heteroatoms. The molecule has 0 fully saturated rings.